The lowest BCUT2D eigenvalue weighted by Crippen LogP contribution is -2.28. The molecule has 0 aliphatic heterocycles. The van der Waals surface area contributed by atoms with E-state index in [0.717, 1.165) is 29.5 Å². The molecule has 1 amide bonds. The minimum Gasteiger partial charge on any atom is -0.355 e. The van der Waals surface area contributed by atoms with Crippen molar-refractivity contribution in [3.63, 3.8) is 0 Å². The third-order valence-corrected chi connectivity index (χ3v) is 7.90. The zero-order chi connectivity index (χ0) is 22.9. The number of hydrogen-bond donors (Lipinski definition) is 2. The summed E-state index contributed by atoms with van der Waals surface area (Å²) in [5.41, 5.74) is 2.61. The summed E-state index contributed by atoms with van der Waals surface area (Å²) in [5.74, 6) is 1.46. The lowest BCUT2D eigenvalue weighted by atomic mass is 9.72. The largest absolute Gasteiger partial charge is 0.355 e. The van der Waals surface area contributed by atoms with Crippen LogP contribution in [-0.2, 0) is 24.1 Å². The third kappa shape index (κ3) is 4.96. The number of benzene rings is 1. The molecule has 32 heavy (non-hydrogen) atoms. The van der Waals surface area contributed by atoms with E-state index >= 15 is 0 Å². The number of carbonyl (C=O) groups is 1. The Kier molecular flexibility index (Phi) is 6.52. The minimum atomic E-state index is -0.0604. The van der Waals surface area contributed by atoms with Crippen molar-refractivity contribution < 1.29 is 4.79 Å². The van der Waals surface area contributed by atoms with E-state index in [4.69, 9.17) is 4.98 Å². The SMILES string of the molecule is C[C@@H](CNC(=O)CCc1nc2sc3c(c2c(=O)[nH]1)CC[C@H](C(C)(C)C)C3)c1ccccc1. The fourth-order valence-corrected chi connectivity index (χ4v) is 5.89. The molecule has 0 fully saturated rings. The molecular formula is C26H33N3O2S. The Morgan fingerprint density at radius 3 is 2.75 bits per heavy atom. The van der Waals surface area contributed by atoms with Gasteiger partial charge >= 0.3 is 0 Å². The van der Waals surface area contributed by atoms with E-state index < -0.39 is 0 Å². The fourth-order valence-electron chi connectivity index (χ4n) is 4.57. The Bertz CT molecular complexity index is 1160. The Morgan fingerprint density at radius 2 is 2.03 bits per heavy atom. The molecule has 0 bridgehead atoms. The summed E-state index contributed by atoms with van der Waals surface area (Å²) in [7, 11) is 0. The van der Waals surface area contributed by atoms with Crippen LogP contribution < -0.4 is 10.9 Å². The minimum absolute atomic E-state index is 0.0194. The molecule has 1 aliphatic rings. The number of aromatic amines is 1. The Labute approximate surface area is 193 Å². The zero-order valence-corrected chi connectivity index (χ0v) is 20.3. The maximum atomic E-state index is 12.8. The lowest BCUT2D eigenvalue weighted by Gasteiger charge is -2.33. The van der Waals surface area contributed by atoms with Crippen LogP contribution in [0.25, 0.3) is 10.2 Å². The summed E-state index contributed by atoms with van der Waals surface area (Å²) in [5, 5.41) is 3.77. The van der Waals surface area contributed by atoms with Gasteiger partial charge in [-0.15, -0.1) is 11.3 Å². The van der Waals surface area contributed by atoms with Gasteiger partial charge in [-0.25, -0.2) is 4.98 Å². The summed E-state index contributed by atoms with van der Waals surface area (Å²) in [6, 6.07) is 10.2. The molecule has 2 atom stereocenters. The van der Waals surface area contributed by atoms with Gasteiger partial charge in [0.05, 0.1) is 5.39 Å². The van der Waals surface area contributed by atoms with Crippen LogP contribution in [0.15, 0.2) is 35.1 Å². The van der Waals surface area contributed by atoms with E-state index in [1.165, 1.54) is 16.0 Å². The first-order valence-electron chi connectivity index (χ1n) is 11.6. The van der Waals surface area contributed by atoms with Crippen molar-refractivity contribution in [2.24, 2.45) is 11.3 Å². The van der Waals surface area contributed by atoms with Crippen LogP contribution >= 0.6 is 11.3 Å². The summed E-state index contributed by atoms with van der Waals surface area (Å²) < 4.78 is 0. The van der Waals surface area contributed by atoms with E-state index in [2.05, 4.69) is 50.1 Å². The quantitative estimate of drug-likeness (QED) is 0.554. The van der Waals surface area contributed by atoms with Gasteiger partial charge < -0.3 is 10.3 Å². The highest BCUT2D eigenvalue weighted by Gasteiger charge is 2.31. The number of fused-ring (bicyclic) bond motifs is 3. The number of aryl methyl sites for hydroxylation is 2. The Morgan fingerprint density at radius 1 is 1.28 bits per heavy atom. The molecule has 6 heteroatoms. The normalized spacial score (nSPS) is 17.2. The van der Waals surface area contributed by atoms with E-state index in [1.807, 2.05) is 18.2 Å². The van der Waals surface area contributed by atoms with Gasteiger partial charge in [0.25, 0.3) is 5.56 Å². The first-order chi connectivity index (χ1) is 15.2. The molecule has 2 heterocycles. The summed E-state index contributed by atoms with van der Waals surface area (Å²) >= 11 is 1.66. The number of thiophene rings is 1. The molecule has 4 rings (SSSR count). The van der Waals surface area contributed by atoms with Crippen LogP contribution in [-0.4, -0.2) is 22.4 Å². The number of nitrogens with zero attached hydrogens (tertiary/aromatic N) is 1. The van der Waals surface area contributed by atoms with Gasteiger partial charge in [0.1, 0.15) is 10.7 Å². The maximum Gasteiger partial charge on any atom is 0.259 e. The lowest BCUT2D eigenvalue weighted by molar-refractivity contribution is -0.121. The molecule has 0 saturated carbocycles. The van der Waals surface area contributed by atoms with Crippen LogP contribution in [0.3, 0.4) is 0 Å². The molecule has 170 valence electrons. The highest BCUT2D eigenvalue weighted by Crippen LogP contribution is 2.41. The predicted molar refractivity (Wildman–Crippen MR) is 131 cm³/mol. The van der Waals surface area contributed by atoms with Crippen molar-refractivity contribution in [3.8, 4) is 0 Å². The van der Waals surface area contributed by atoms with Gasteiger partial charge in [-0.05, 0) is 47.6 Å². The predicted octanol–water partition coefficient (Wildman–Crippen LogP) is 4.99. The average Bonchev–Trinajstić information content (AvgIpc) is 3.14. The van der Waals surface area contributed by atoms with E-state index in [-0.39, 0.29) is 22.8 Å². The smallest absolute Gasteiger partial charge is 0.259 e. The molecule has 0 radical (unpaired) electrons. The molecule has 1 aromatic carbocycles. The number of carbonyl (C=O) groups excluding carboxylic acids is 1. The van der Waals surface area contributed by atoms with Gasteiger partial charge in [-0.3, -0.25) is 9.59 Å². The molecule has 2 N–H and O–H groups in total. The first-order valence-corrected chi connectivity index (χ1v) is 12.4. The molecule has 0 unspecified atom stereocenters. The summed E-state index contributed by atoms with van der Waals surface area (Å²) in [6.45, 7) is 9.59. The topological polar surface area (TPSA) is 74.8 Å². The average molecular weight is 452 g/mol. The standard InChI is InChI=1S/C26H33N3O2S/c1-16(17-8-6-5-7-9-17)15-27-22(30)13-12-21-28-24(31)23-19-11-10-18(26(2,3)4)14-20(19)32-25(23)29-21/h5-9,16,18H,10-15H2,1-4H3,(H,27,30)(H,28,29,31)/t16-,18-/m0/s1. The van der Waals surface area contributed by atoms with Crippen LogP contribution in [0.4, 0.5) is 0 Å². The van der Waals surface area contributed by atoms with Gasteiger partial charge in [-0.2, -0.15) is 0 Å². The molecule has 1 aliphatic carbocycles. The van der Waals surface area contributed by atoms with Crippen molar-refractivity contribution in [1.29, 1.82) is 0 Å². The molecule has 5 nitrogen and oxygen atoms in total. The molecule has 2 aromatic heterocycles. The Balaban J connectivity index is 1.40. The van der Waals surface area contributed by atoms with E-state index in [9.17, 15) is 9.59 Å². The molecule has 0 saturated heterocycles. The second-order valence-corrected chi connectivity index (χ2v) is 11.2. The van der Waals surface area contributed by atoms with Gasteiger partial charge in [0, 0.05) is 24.3 Å². The Hall–Kier alpha value is -2.47. The van der Waals surface area contributed by atoms with E-state index in [1.54, 1.807) is 11.3 Å². The molecular weight excluding hydrogens is 418 g/mol. The second kappa shape index (κ2) is 9.18. The molecule has 3 aromatic rings. The highest BCUT2D eigenvalue weighted by molar-refractivity contribution is 7.18. The number of hydrogen-bond acceptors (Lipinski definition) is 4. The highest BCUT2D eigenvalue weighted by atomic mass is 32.1. The monoisotopic (exact) mass is 451 g/mol. The van der Waals surface area contributed by atoms with Crippen molar-refractivity contribution in [3.05, 3.63) is 62.5 Å². The maximum absolute atomic E-state index is 12.8. The van der Waals surface area contributed by atoms with Crippen molar-refractivity contribution >= 4 is 27.5 Å². The number of amides is 1. The van der Waals surface area contributed by atoms with Crippen LogP contribution in [0.5, 0.6) is 0 Å². The number of H-pyrrole nitrogens is 1. The first kappa shape index (κ1) is 22.7. The zero-order valence-electron chi connectivity index (χ0n) is 19.5. The van der Waals surface area contributed by atoms with Crippen molar-refractivity contribution in [2.45, 2.75) is 65.7 Å². The number of rotatable bonds is 6. The second-order valence-electron chi connectivity index (χ2n) is 10.1. The summed E-state index contributed by atoms with van der Waals surface area (Å²) in [4.78, 5) is 35.0. The van der Waals surface area contributed by atoms with Crippen LogP contribution in [0, 0.1) is 11.3 Å². The summed E-state index contributed by atoms with van der Waals surface area (Å²) in [6.07, 6.45) is 3.84. The van der Waals surface area contributed by atoms with Crippen molar-refractivity contribution in [1.82, 2.24) is 15.3 Å². The fraction of sp³-hybridized carbons (Fsp3) is 0.500. The van der Waals surface area contributed by atoms with E-state index in [0.29, 0.717) is 31.1 Å². The van der Waals surface area contributed by atoms with Gasteiger partial charge in [0.15, 0.2) is 0 Å². The van der Waals surface area contributed by atoms with Crippen LogP contribution in [0.1, 0.15) is 68.3 Å². The van der Waals surface area contributed by atoms with Crippen LogP contribution in [0.2, 0.25) is 0 Å². The van der Waals surface area contributed by atoms with Crippen molar-refractivity contribution in [2.75, 3.05) is 6.54 Å². The number of nitrogens with one attached hydrogen (secondary N) is 2. The van der Waals surface area contributed by atoms with Gasteiger partial charge in [0.2, 0.25) is 5.91 Å². The number of aromatic nitrogens is 2. The van der Waals surface area contributed by atoms with Gasteiger partial charge in [-0.1, -0.05) is 58.0 Å². The third-order valence-electron chi connectivity index (χ3n) is 6.76. The molecule has 0 spiro atoms.